The van der Waals surface area contributed by atoms with Crippen molar-refractivity contribution in [3.8, 4) is 0 Å². The summed E-state index contributed by atoms with van der Waals surface area (Å²) >= 11 is 0. The Morgan fingerprint density at radius 3 is 2.32 bits per heavy atom. The highest BCUT2D eigenvalue weighted by Crippen LogP contribution is 2.33. The van der Waals surface area contributed by atoms with E-state index in [1.54, 1.807) is 0 Å². The molecule has 0 aliphatic heterocycles. The van der Waals surface area contributed by atoms with Crippen LogP contribution in [0.4, 0.5) is 0 Å². The van der Waals surface area contributed by atoms with Crippen molar-refractivity contribution in [3.63, 3.8) is 0 Å². The summed E-state index contributed by atoms with van der Waals surface area (Å²) in [7, 11) is 0. The van der Waals surface area contributed by atoms with Crippen molar-refractivity contribution < 1.29 is 14.3 Å². The predicted octanol–water partition coefficient (Wildman–Crippen LogP) is 6.86. The number of hydrogen-bond acceptors (Lipinski definition) is 3. The van der Waals surface area contributed by atoms with Crippen molar-refractivity contribution in [3.05, 3.63) is 48.6 Å². The highest BCUT2D eigenvalue weighted by atomic mass is 16.7. The second-order valence-electron chi connectivity index (χ2n) is 7.23. The fraction of sp³-hybridized carbons (Fsp3) is 0.640. The minimum absolute atomic E-state index is 0.0370. The zero-order valence-electron chi connectivity index (χ0n) is 18.6. The molecule has 1 aliphatic rings. The summed E-state index contributed by atoms with van der Waals surface area (Å²) in [5.41, 5.74) is 2.15. The Balaban J connectivity index is 0.000000618. The van der Waals surface area contributed by atoms with Crippen LogP contribution in [0.2, 0.25) is 0 Å². The molecule has 3 nitrogen and oxygen atoms in total. The molecule has 2 rings (SSSR count). The van der Waals surface area contributed by atoms with Gasteiger partial charge in [0.1, 0.15) is 6.29 Å². The maximum atomic E-state index is 10.8. The van der Waals surface area contributed by atoms with Gasteiger partial charge in [-0.05, 0) is 57.1 Å². The Kier molecular flexibility index (Phi) is 16.7. The van der Waals surface area contributed by atoms with Gasteiger partial charge in [0.25, 0.3) is 0 Å². The first-order valence-electron chi connectivity index (χ1n) is 10.9. The SMILES string of the molecule is C=C.CCCC1CCCC(Cc2cccc(C=O)c2)C1.CCOC(C)OCC. The van der Waals surface area contributed by atoms with Crippen LogP contribution in [0.15, 0.2) is 37.4 Å². The average Bonchev–Trinajstić information content (AvgIpc) is 2.71. The van der Waals surface area contributed by atoms with Gasteiger partial charge >= 0.3 is 0 Å². The van der Waals surface area contributed by atoms with Crippen LogP contribution in [0.3, 0.4) is 0 Å². The van der Waals surface area contributed by atoms with E-state index in [1.165, 1.54) is 44.1 Å². The fourth-order valence-corrected chi connectivity index (χ4v) is 3.90. The molecule has 1 fully saturated rings. The molecule has 0 spiro atoms. The van der Waals surface area contributed by atoms with E-state index in [0.717, 1.165) is 43.3 Å². The molecule has 0 saturated heterocycles. The van der Waals surface area contributed by atoms with Gasteiger partial charge in [-0.15, -0.1) is 13.2 Å². The van der Waals surface area contributed by atoms with E-state index in [-0.39, 0.29) is 6.29 Å². The quantitative estimate of drug-likeness (QED) is 0.262. The van der Waals surface area contributed by atoms with Crippen LogP contribution in [0.1, 0.15) is 82.1 Å². The van der Waals surface area contributed by atoms with E-state index < -0.39 is 0 Å². The van der Waals surface area contributed by atoms with Gasteiger partial charge < -0.3 is 9.47 Å². The normalized spacial score (nSPS) is 18.5. The summed E-state index contributed by atoms with van der Waals surface area (Å²) in [4.78, 5) is 10.8. The predicted molar refractivity (Wildman–Crippen MR) is 120 cm³/mol. The number of benzene rings is 1. The van der Waals surface area contributed by atoms with Crippen molar-refractivity contribution in [2.75, 3.05) is 13.2 Å². The lowest BCUT2D eigenvalue weighted by molar-refractivity contribution is -0.123. The lowest BCUT2D eigenvalue weighted by atomic mass is 9.77. The second kappa shape index (κ2) is 17.6. The number of carbonyl (C=O) groups is 1. The number of hydrogen-bond donors (Lipinski definition) is 0. The number of carbonyl (C=O) groups excluding carboxylic acids is 1. The Labute approximate surface area is 173 Å². The number of aldehydes is 1. The van der Waals surface area contributed by atoms with Crippen molar-refractivity contribution in [1.29, 1.82) is 0 Å². The third-order valence-corrected chi connectivity index (χ3v) is 5.00. The Bertz CT molecular complexity index is 492. The molecule has 28 heavy (non-hydrogen) atoms. The molecule has 2 atom stereocenters. The van der Waals surface area contributed by atoms with Crippen LogP contribution in [-0.2, 0) is 15.9 Å². The summed E-state index contributed by atoms with van der Waals surface area (Å²) in [6, 6.07) is 8.11. The minimum atomic E-state index is -0.0370. The van der Waals surface area contributed by atoms with Gasteiger partial charge in [0.05, 0.1) is 0 Å². The first kappa shape index (κ1) is 26.6. The second-order valence-corrected chi connectivity index (χ2v) is 7.23. The molecule has 1 saturated carbocycles. The van der Waals surface area contributed by atoms with E-state index in [2.05, 4.69) is 32.2 Å². The number of ether oxygens (including phenoxy) is 2. The van der Waals surface area contributed by atoms with Crippen LogP contribution >= 0.6 is 0 Å². The average molecular weight is 391 g/mol. The van der Waals surface area contributed by atoms with Crippen LogP contribution in [0.25, 0.3) is 0 Å². The Morgan fingerprint density at radius 2 is 1.75 bits per heavy atom. The Morgan fingerprint density at radius 1 is 1.11 bits per heavy atom. The molecule has 0 radical (unpaired) electrons. The molecule has 160 valence electrons. The summed E-state index contributed by atoms with van der Waals surface area (Å²) < 4.78 is 10.1. The maximum Gasteiger partial charge on any atom is 0.154 e. The van der Waals surface area contributed by atoms with Gasteiger partial charge in [0, 0.05) is 18.8 Å². The lowest BCUT2D eigenvalue weighted by Gasteiger charge is -2.29. The smallest absolute Gasteiger partial charge is 0.154 e. The monoisotopic (exact) mass is 390 g/mol. The topological polar surface area (TPSA) is 35.5 Å². The zero-order valence-corrected chi connectivity index (χ0v) is 18.6. The van der Waals surface area contributed by atoms with E-state index in [4.69, 9.17) is 9.47 Å². The molecule has 0 bridgehead atoms. The molecular formula is C25H42O3. The first-order valence-corrected chi connectivity index (χ1v) is 10.9. The summed E-state index contributed by atoms with van der Waals surface area (Å²) in [6.07, 6.45) is 10.4. The van der Waals surface area contributed by atoms with Gasteiger partial charge in [-0.2, -0.15) is 0 Å². The van der Waals surface area contributed by atoms with E-state index in [1.807, 2.05) is 32.9 Å². The van der Waals surface area contributed by atoms with Crippen molar-refractivity contribution >= 4 is 6.29 Å². The van der Waals surface area contributed by atoms with Crippen LogP contribution in [-0.4, -0.2) is 25.8 Å². The van der Waals surface area contributed by atoms with Crippen LogP contribution in [0.5, 0.6) is 0 Å². The zero-order chi connectivity index (χ0) is 21.2. The molecular weight excluding hydrogens is 348 g/mol. The highest BCUT2D eigenvalue weighted by molar-refractivity contribution is 5.74. The minimum Gasteiger partial charge on any atom is -0.353 e. The molecule has 3 heteroatoms. The standard InChI is InChI=1S/C17H24O.C6H14O2.C2H4/c1-2-5-14-6-3-7-15(10-14)11-16-8-4-9-17(12-16)13-18;1-4-7-6(3)8-5-2;1-2/h4,8-9,12-15H,2-3,5-7,10-11H2,1H3;6H,4-5H2,1-3H3;1-2H2. The summed E-state index contributed by atoms with van der Waals surface area (Å²) in [5, 5.41) is 0. The molecule has 1 aliphatic carbocycles. The molecule has 1 aromatic rings. The fourth-order valence-electron chi connectivity index (χ4n) is 3.90. The molecule has 2 unspecified atom stereocenters. The van der Waals surface area contributed by atoms with Gasteiger partial charge in [0.15, 0.2) is 6.29 Å². The molecule has 0 N–H and O–H groups in total. The van der Waals surface area contributed by atoms with Crippen LogP contribution in [0, 0.1) is 11.8 Å². The first-order chi connectivity index (χ1) is 13.6. The number of rotatable bonds is 9. The lowest BCUT2D eigenvalue weighted by Crippen LogP contribution is -2.17. The molecule has 0 heterocycles. The van der Waals surface area contributed by atoms with Crippen molar-refractivity contribution in [2.24, 2.45) is 11.8 Å². The van der Waals surface area contributed by atoms with Crippen molar-refractivity contribution in [1.82, 2.24) is 0 Å². The third kappa shape index (κ3) is 12.1. The van der Waals surface area contributed by atoms with Crippen LogP contribution < -0.4 is 0 Å². The molecule has 1 aromatic carbocycles. The van der Waals surface area contributed by atoms with E-state index in [0.29, 0.717) is 0 Å². The van der Waals surface area contributed by atoms with Gasteiger partial charge in [0.2, 0.25) is 0 Å². The van der Waals surface area contributed by atoms with Crippen molar-refractivity contribution in [2.45, 2.75) is 78.9 Å². The summed E-state index contributed by atoms with van der Waals surface area (Å²) in [5.74, 6) is 1.78. The maximum absolute atomic E-state index is 10.8. The summed E-state index contributed by atoms with van der Waals surface area (Å²) in [6.45, 7) is 15.5. The van der Waals surface area contributed by atoms with E-state index in [9.17, 15) is 4.79 Å². The van der Waals surface area contributed by atoms with Gasteiger partial charge in [-0.25, -0.2) is 0 Å². The highest BCUT2D eigenvalue weighted by Gasteiger charge is 2.21. The third-order valence-electron chi connectivity index (χ3n) is 5.00. The van der Waals surface area contributed by atoms with E-state index >= 15 is 0 Å². The molecule has 0 amide bonds. The molecule has 0 aromatic heterocycles. The largest absolute Gasteiger partial charge is 0.353 e. The van der Waals surface area contributed by atoms with Gasteiger partial charge in [-0.3, -0.25) is 4.79 Å². The Hall–Kier alpha value is -1.45. The van der Waals surface area contributed by atoms with Gasteiger partial charge in [-0.1, -0.05) is 57.2 Å².